The van der Waals surface area contributed by atoms with Crippen molar-refractivity contribution in [1.29, 1.82) is 0 Å². The van der Waals surface area contributed by atoms with Crippen LogP contribution in [0.5, 0.6) is 0 Å². The number of nitrogens with one attached hydrogen (secondary N) is 3. The van der Waals surface area contributed by atoms with Crippen LogP contribution in [0.4, 0.5) is 0 Å². The predicted molar refractivity (Wildman–Crippen MR) is 82.4 cm³/mol. The average molecular weight is 313 g/mol. The number of rotatable bonds is 8. The summed E-state index contributed by atoms with van der Waals surface area (Å²) >= 11 is 0. The van der Waals surface area contributed by atoms with E-state index in [9.17, 15) is 13.2 Å². The molecule has 1 rings (SSSR count). The van der Waals surface area contributed by atoms with E-state index >= 15 is 0 Å². The fourth-order valence-corrected chi connectivity index (χ4v) is 2.73. The van der Waals surface area contributed by atoms with Gasteiger partial charge in [0.2, 0.25) is 15.9 Å². The zero-order chi connectivity index (χ0) is 15.9. The maximum absolute atomic E-state index is 12.0. The van der Waals surface area contributed by atoms with Crippen molar-refractivity contribution in [3.05, 3.63) is 29.8 Å². The summed E-state index contributed by atoms with van der Waals surface area (Å²) in [6.45, 7) is 4.76. The molecule has 0 aliphatic carbocycles. The molecule has 0 saturated carbocycles. The molecule has 1 atom stereocenters. The number of amides is 1. The molecular formula is C14H23N3O3S. The second-order valence-electron chi connectivity index (χ2n) is 4.74. The maximum Gasteiger partial charge on any atom is 0.241 e. The van der Waals surface area contributed by atoms with E-state index in [1.165, 1.54) is 7.05 Å². The summed E-state index contributed by atoms with van der Waals surface area (Å²) in [4.78, 5) is 11.2. The van der Waals surface area contributed by atoms with E-state index in [4.69, 9.17) is 0 Å². The minimum absolute atomic E-state index is 0.151. The molecule has 7 heteroatoms. The summed E-state index contributed by atoms with van der Waals surface area (Å²) in [5.41, 5.74) is 1.02. The molecule has 118 valence electrons. The van der Waals surface area contributed by atoms with Crippen LogP contribution in [0, 0.1) is 0 Å². The van der Waals surface area contributed by atoms with E-state index in [2.05, 4.69) is 22.3 Å². The number of hydrogen-bond donors (Lipinski definition) is 3. The smallest absolute Gasteiger partial charge is 0.241 e. The summed E-state index contributed by atoms with van der Waals surface area (Å²) < 4.78 is 26.3. The molecule has 1 aromatic rings. The van der Waals surface area contributed by atoms with Crippen LogP contribution in [-0.2, 0) is 14.8 Å². The minimum atomic E-state index is -3.66. The molecule has 21 heavy (non-hydrogen) atoms. The largest absolute Gasteiger partial charge is 0.358 e. The Balaban J connectivity index is 2.74. The van der Waals surface area contributed by atoms with Crippen molar-refractivity contribution in [2.45, 2.75) is 31.2 Å². The third kappa shape index (κ3) is 5.45. The summed E-state index contributed by atoms with van der Waals surface area (Å²) in [6, 6.07) is 6.82. The van der Waals surface area contributed by atoms with Gasteiger partial charge in [-0.15, -0.1) is 0 Å². The Bertz CT molecular complexity index is 555. The van der Waals surface area contributed by atoms with Crippen LogP contribution in [0.1, 0.15) is 31.9 Å². The van der Waals surface area contributed by atoms with Crippen LogP contribution < -0.4 is 15.4 Å². The van der Waals surface area contributed by atoms with E-state index in [0.717, 1.165) is 18.5 Å². The maximum atomic E-state index is 12.0. The molecule has 1 amide bonds. The first-order valence-corrected chi connectivity index (χ1v) is 8.42. The minimum Gasteiger partial charge on any atom is -0.358 e. The molecule has 0 heterocycles. The van der Waals surface area contributed by atoms with Crippen molar-refractivity contribution in [2.75, 3.05) is 20.1 Å². The van der Waals surface area contributed by atoms with Crippen molar-refractivity contribution in [2.24, 2.45) is 0 Å². The lowest BCUT2D eigenvalue weighted by molar-refractivity contribution is -0.119. The van der Waals surface area contributed by atoms with Crippen molar-refractivity contribution in [3.63, 3.8) is 0 Å². The topological polar surface area (TPSA) is 87.3 Å². The van der Waals surface area contributed by atoms with E-state index in [1.54, 1.807) is 24.3 Å². The normalized spacial score (nSPS) is 12.9. The lowest BCUT2D eigenvalue weighted by atomic mass is 10.1. The van der Waals surface area contributed by atoms with E-state index in [1.807, 2.05) is 6.92 Å². The molecule has 0 aliphatic heterocycles. The molecule has 0 fully saturated rings. The highest BCUT2D eigenvalue weighted by Gasteiger charge is 2.15. The predicted octanol–water partition coefficient (Wildman–Crippen LogP) is 0.772. The van der Waals surface area contributed by atoms with Gasteiger partial charge < -0.3 is 10.6 Å². The molecule has 1 aromatic carbocycles. The highest BCUT2D eigenvalue weighted by atomic mass is 32.2. The standard InChI is InChI=1S/C14H23N3O3S/c1-4-9-16-11(2)12-5-7-13(8-6-12)21(19,20)17-10-14(18)15-3/h5-8,11,16-17H,4,9-10H2,1-3H3,(H,15,18). The molecule has 0 bridgehead atoms. The molecule has 6 nitrogen and oxygen atoms in total. The van der Waals surface area contributed by atoms with E-state index < -0.39 is 10.0 Å². The Morgan fingerprint density at radius 1 is 1.24 bits per heavy atom. The molecule has 0 spiro atoms. The number of sulfonamides is 1. The van der Waals surface area contributed by atoms with Gasteiger partial charge in [-0.3, -0.25) is 4.79 Å². The third-order valence-corrected chi connectivity index (χ3v) is 4.51. The Morgan fingerprint density at radius 2 is 1.86 bits per heavy atom. The average Bonchev–Trinajstić information content (AvgIpc) is 2.50. The monoisotopic (exact) mass is 313 g/mol. The molecule has 0 radical (unpaired) electrons. The Morgan fingerprint density at radius 3 is 2.38 bits per heavy atom. The van der Waals surface area contributed by atoms with Gasteiger partial charge in [0.15, 0.2) is 0 Å². The summed E-state index contributed by atoms with van der Waals surface area (Å²) in [6.07, 6.45) is 1.04. The quantitative estimate of drug-likeness (QED) is 0.661. The molecule has 0 saturated heterocycles. The fourth-order valence-electron chi connectivity index (χ4n) is 1.75. The highest BCUT2D eigenvalue weighted by Crippen LogP contribution is 2.16. The molecule has 1 unspecified atom stereocenters. The summed E-state index contributed by atoms with van der Waals surface area (Å²) in [5.74, 6) is -0.382. The molecule has 3 N–H and O–H groups in total. The van der Waals surface area contributed by atoms with Gasteiger partial charge in [0.1, 0.15) is 0 Å². The number of benzene rings is 1. The van der Waals surface area contributed by atoms with Gasteiger partial charge in [0, 0.05) is 13.1 Å². The van der Waals surface area contributed by atoms with Crippen molar-refractivity contribution < 1.29 is 13.2 Å². The molecular weight excluding hydrogens is 290 g/mol. The van der Waals surface area contributed by atoms with Crippen LogP contribution in [-0.4, -0.2) is 34.5 Å². The van der Waals surface area contributed by atoms with Crippen molar-refractivity contribution in [1.82, 2.24) is 15.4 Å². The second kappa shape index (κ2) is 8.11. The van der Waals surface area contributed by atoms with Crippen LogP contribution in [0.25, 0.3) is 0 Å². The lowest BCUT2D eigenvalue weighted by Gasteiger charge is -2.14. The van der Waals surface area contributed by atoms with Gasteiger partial charge in [-0.05, 0) is 37.6 Å². The van der Waals surface area contributed by atoms with Crippen LogP contribution in [0.15, 0.2) is 29.2 Å². The van der Waals surface area contributed by atoms with Gasteiger partial charge in [-0.25, -0.2) is 13.1 Å². The molecule has 0 aromatic heterocycles. The van der Waals surface area contributed by atoms with E-state index in [-0.39, 0.29) is 23.4 Å². The molecule has 0 aliphatic rings. The Labute approximate surface area is 126 Å². The first-order chi connectivity index (χ1) is 9.90. The second-order valence-corrected chi connectivity index (χ2v) is 6.51. The van der Waals surface area contributed by atoms with Gasteiger partial charge in [0.25, 0.3) is 0 Å². The van der Waals surface area contributed by atoms with Crippen LogP contribution in [0.3, 0.4) is 0 Å². The number of carbonyl (C=O) groups is 1. The first-order valence-electron chi connectivity index (χ1n) is 6.94. The van der Waals surface area contributed by atoms with Gasteiger partial charge in [0.05, 0.1) is 11.4 Å². The fraction of sp³-hybridized carbons (Fsp3) is 0.500. The summed E-state index contributed by atoms with van der Waals surface area (Å²) in [7, 11) is -2.20. The van der Waals surface area contributed by atoms with Crippen molar-refractivity contribution in [3.8, 4) is 0 Å². The first kappa shape index (κ1) is 17.6. The SMILES string of the molecule is CCCNC(C)c1ccc(S(=O)(=O)NCC(=O)NC)cc1. The zero-order valence-electron chi connectivity index (χ0n) is 12.6. The lowest BCUT2D eigenvalue weighted by Crippen LogP contribution is -2.35. The highest BCUT2D eigenvalue weighted by molar-refractivity contribution is 7.89. The number of carbonyl (C=O) groups excluding carboxylic acids is 1. The summed E-state index contributed by atoms with van der Waals surface area (Å²) in [5, 5.41) is 5.69. The van der Waals surface area contributed by atoms with Gasteiger partial charge in [-0.1, -0.05) is 19.1 Å². The number of likely N-dealkylation sites (N-methyl/N-ethyl adjacent to an activating group) is 1. The van der Waals surface area contributed by atoms with Crippen molar-refractivity contribution >= 4 is 15.9 Å². The van der Waals surface area contributed by atoms with Gasteiger partial charge >= 0.3 is 0 Å². The Hall–Kier alpha value is -1.44. The van der Waals surface area contributed by atoms with Crippen LogP contribution in [0.2, 0.25) is 0 Å². The van der Waals surface area contributed by atoms with Crippen LogP contribution >= 0.6 is 0 Å². The number of hydrogen-bond acceptors (Lipinski definition) is 4. The van der Waals surface area contributed by atoms with E-state index in [0.29, 0.717) is 0 Å². The van der Waals surface area contributed by atoms with Gasteiger partial charge in [-0.2, -0.15) is 0 Å². The third-order valence-electron chi connectivity index (χ3n) is 3.09. The Kier molecular flexibility index (Phi) is 6.80. The zero-order valence-corrected chi connectivity index (χ0v) is 13.5.